The summed E-state index contributed by atoms with van der Waals surface area (Å²) >= 11 is 0. The monoisotopic (exact) mass is 253 g/mol. The van der Waals surface area contributed by atoms with Gasteiger partial charge < -0.3 is 19.9 Å². The third-order valence-electron chi connectivity index (χ3n) is 2.46. The normalized spacial score (nSPS) is 12.2. The predicted molar refractivity (Wildman–Crippen MR) is 72.2 cm³/mol. The molecule has 1 atom stereocenters. The number of methoxy groups -OCH3 is 1. The summed E-state index contributed by atoms with van der Waals surface area (Å²) in [5, 5.41) is 12.5. The molecule has 2 N–H and O–H groups in total. The first-order valence-electron chi connectivity index (χ1n) is 6.35. The smallest absolute Gasteiger partial charge is 0.161 e. The van der Waals surface area contributed by atoms with Gasteiger partial charge in [0.05, 0.1) is 13.2 Å². The molecule has 18 heavy (non-hydrogen) atoms. The van der Waals surface area contributed by atoms with Gasteiger partial charge in [-0.2, -0.15) is 0 Å². The minimum absolute atomic E-state index is 0.268. The maximum Gasteiger partial charge on any atom is 0.161 e. The molecule has 1 rings (SSSR count). The summed E-state index contributed by atoms with van der Waals surface area (Å²) in [6.07, 6.45) is 0.632. The van der Waals surface area contributed by atoms with Gasteiger partial charge in [-0.05, 0) is 37.6 Å². The predicted octanol–water partition coefficient (Wildman–Crippen LogP) is 1.95. The highest BCUT2D eigenvalue weighted by molar-refractivity contribution is 5.42. The summed E-state index contributed by atoms with van der Waals surface area (Å²) in [5.74, 6) is 1.36. The standard InChI is InChI=1S/C14H23NO3/c1-4-7-15-9-12-5-6-13(14(8-12)17-3)18-10-11(2)16/h5-6,8,11,15-16H,4,7,9-10H2,1-3H3. The number of hydrogen-bond donors (Lipinski definition) is 2. The molecule has 0 aliphatic carbocycles. The van der Waals surface area contributed by atoms with Crippen LogP contribution in [0.4, 0.5) is 0 Å². The van der Waals surface area contributed by atoms with E-state index in [1.165, 1.54) is 0 Å². The molecule has 0 spiro atoms. The zero-order valence-electron chi connectivity index (χ0n) is 11.4. The summed E-state index contributed by atoms with van der Waals surface area (Å²) in [6, 6.07) is 5.84. The SMILES string of the molecule is CCCNCc1ccc(OCC(C)O)c(OC)c1. The molecule has 0 heterocycles. The summed E-state index contributed by atoms with van der Waals surface area (Å²) in [5.41, 5.74) is 1.16. The molecule has 0 amide bonds. The van der Waals surface area contributed by atoms with Crippen LogP contribution in [0.25, 0.3) is 0 Å². The van der Waals surface area contributed by atoms with Gasteiger partial charge in [0.1, 0.15) is 6.61 Å². The maximum absolute atomic E-state index is 9.20. The van der Waals surface area contributed by atoms with Crippen molar-refractivity contribution in [2.24, 2.45) is 0 Å². The van der Waals surface area contributed by atoms with Gasteiger partial charge in [-0.1, -0.05) is 13.0 Å². The second kappa shape index (κ2) is 7.95. The Morgan fingerprint density at radius 3 is 2.72 bits per heavy atom. The topological polar surface area (TPSA) is 50.7 Å². The Balaban J connectivity index is 2.64. The second-order valence-corrected chi connectivity index (χ2v) is 4.32. The number of ether oxygens (including phenoxy) is 2. The summed E-state index contributed by atoms with van der Waals surface area (Å²) in [4.78, 5) is 0. The van der Waals surface area contributed by atoms with Crippen LogP contribution >= 0.6 is 0 Å². The number of nitrogens with one attached hydrogen (secondary N) is 1. The van der Waals surface area contributed by atoms with E-state index in [2.05, 4.69) is 12.2 Å². The van der Waals surface area contributed by atoms with E-state index in [0.29, 0.717) is 11.5 Å². The molecule has 4 heteroatoms. The molecule has 1 unspecified atom stereocenters. The van der Waals surface area contributed by atoms with E-state index in [4.69, 9.17) is 9.47 Å². The zero-order chi connectivity index (χ0) is 13.4. The Labute approximate surface area is 109 Å². The fourth-order valence-electron chi connectivity index (χ4n) is 1.56. The molecule has 0 saturated carbocycles. The molecule has 1 aromatic rings. The molecule has 0 aliphatic heterocycles. The lowest BCUT2D eigenvalue weighted by molar-refractivity contribution is 0.120. The summed E-state index contributed by atoms with van der Waals surface area (Å²) in [6.45, 7) is 5.92. The highest BCUT2D eigenvalue weighted by Gasteiger charge is 2.07. The quantitative estimate of drug-likeness (QED) is 0.695. The van der Waals surface area contributed by atoms with Crippen molar-refractivity contribution in [1.29, 1.82) is 0 Å². The van der Waals surface area contributed by atoms with Gasteiger partial charge in [0.15, 0.2) is 11.5 Å². The van der Waals surface area contributed by atoms with Gasteiger partial charge in [0.25, 0.3) is 0 Å². The minimum Gasteiger partial charge on any atom is -0.493 e. The first-order valence-corrected chi connectivity index (χ1v) is 6.35. The van der Waals surface area contributed by atoms with E-state index in [1.807, 2.05) is 18.2 Å². The average Bonchev–Trinajstić information content (AvgIpc) is 2.37. The maximum atomic E-state index is 9.20. The van der Waals surface area contributed by atoms with Crippen molar-refractivity contribution >= 4 is 0 Å². The number of benzene rings is 1. The Morgan fingerprint density at radius 1 is 1.33 bits per heavy atom. The first kappa shape index (κ1) is 14.8. The molecule has 4 nitrogen and oxygen atoms in total. The van der Waals surface area contributed by atoms with E-state index in [-0.39, 0.29) is 6.61 Å². The van der Waals surface area contributed by atoms with E-state index in [9.17, 15) is 5.11 Å². The van der Waals surface area contributed by atoms with Crippen molar-refractivity contribution in [1.82, 2.24) is 5.32 Å². The average molecular weight is 253 g/mol. The minimum atomic E-state index is -0.486. The highest BCUT2D eigenvalue weighted by atomic mass is 16.5. The van der Waals surface area contributed by atoms with Crippen molar-refractivity contribution in [2.45, 2.75) is 32.9 Å². The lowest BCUT2D eigenvalue weighted by Gasteiger charge is -2.13. The molecular weight excluding hydrogens is 230 g/mol. The lowest BCUT2D eigenvalue weighted by Crippen LogP contribution is -2.15. The van der Waals surface area contributed by atoms with Gasteiger partial charge in [0.2, 0.25) is 0 Å². The molecule has 0 aromatic heterocycles. The summed E-state index contributed by atoms with van der Waals surface area (Å²) in [7, 11) is 1.62. The van der Waals surface area contributed by atoms with Crippen LogP contribution in [-0.4, -0.2) is 31.5 Å². The Kier molecular flexibility index (Phi) is 6.54. The molecule has 0 aliphatic rings. The molecular formula is C14H23NO3. The number of aliphatic hydroxyl groups excluding tert-OH is 1. The Hall–Kier alpha value is -1.26. The fourth-order valence-corrected chi connectivity index (χ4v) is 1.56. The number of aliphatic hydroxyl groups is 1. The Morgan fingerprint density at radius 2 is 2.11 bits per heavy atom. The first-order chi connectivity index (χ1) is 8.67. The van der Waals surface area contributed by atoms with Crippen LogP contribution in [0.2, 0.25) is 0 Å². The molecule has 0 radical (unpaired) electrons. The van der Waals surface area contributed by atoms with Crippen LogP contribution in [-0.2, 0) is 6.54 Å². The molecule has 0 saturated heterocycles. The van der Waals surface area contributed by atoms with E-state index in [1.54, 1.807) is 14.0 Å². The van der Waals surface area contributed by atoms with Crippen molar-refractivity contribution in [3.05, 3.63) is 23.8 Å². The molecule has 102 valence electrons. The van der Waals surface area contributed by atoms with E-state index in [0.717, 1.165) is 25.1 Å². The van der Waals surface area contributed by atoms with Crippen molar-refractivity contribution < 1.29 is 14.6 Å². The van der Waals surface area contributed by atoms with Crippen LogP contribution < -0.4 is 14.8 Å². The van der Waals surface area contributed by atoms with Crippen LogP contribution in [0.3, 0.4) is 0 Å². The van der Waals surface area contributed by atoms with Crippen LogP contribution in [0.15, 0.2) is 18.2 Å². The zero-order valence-corrected chi connectivity index (χ0v) is 11.4. The third kappa shape index (κ3) is 4.94. The largest absolute Gasteiger partial charge is 0.493 e. The van der Waals surface area contributed by atoms with Crippen LogP contribution in [0.5, 0.6) is 11.5 Å². The van der Waals surface area contributed by atoms with Crippen molar-refractivity contribution in [2.75, 3.05) is 20.3 Å². The summed E-state index contributed by atoms with van der Waals surface area (Å²) < 4.78 is 10.8. The van der Waals surface area contributed by atoms with Gasteiger partial charge in [0, 0.05) is 6.54 Å². The van der Waals surface area contributed by atoms with Gasteiger partial charge >= 0.3 is 0 Å². The molecule has 0 bridgehead atoms. The van der Waals surface area contributed by atoms with Crippen LogP contribution in [0, 0.1) is 0 Å². The van der Waals surface area contributed by atoms with Gasteiger partial charge in [-0.15, -0.1) is 0 Å². The van der Waals surface area contributed by atoms with Crippen LogP contribution in [0.1, 0.15) is 25.8 Å². The van der Waals surface area contributed by atoms with E-state index >= 15 is 0 Å². The van der Waals surface area contributed by atoms with Crippen molar-refractivity contribution in [3.63, 3.8) is 0 Å². The number of hydrogen-bond acceptors (Lipinski definition) is 4. The molecule has 0 fully saturated rings. The highest BCUT2D eigenvalue weighted by Crippen LogP contribution is 2.28. The number of rotatable bonds is 8. The Bertz CT molecular complexity index is 353. The fraction of sp³-hybridized carbons (Fsp3) is 0.571. The van der Waals surface area contributed by atoms with Gasteiger partial charge in [-0.3, -0.25) is 0 Å². The van der Waals surface area contributed by atoms with Gasteiger partial charge in [-0.25, -0.2) is 0 Å². The third-order valence-corrected chi connectivity index (χ3v) is 2.46. The van der Waals surface area contributed by atoms with E-state index < -0.39 is 6.10 Å². The lowest BCUT2D eigenvalue weighted by atomic mass is 10.2. The van der Waals surface area contributed by atoms with Crippen molar-refractivity contribution in [3.8, 4) is 11.5 Å². The molecule has 1 aromatic carbocycles. The second-order valence-electron chi connectivity index (χ2n) is 4.32.